The van der Waals surface area contributed by atoms with Crippen LogP contribution in [0.15, 0.2) is 41.0 Å². The van der Waals surface area contributed by atoms with E-state index in [1.165, 1.54) is 18.3 Å². The molecule has 0 aliphatic rings. The van der Waals surface area contributed by atoms with E-state index in [2.05, 4.69) is 36.2 Å². The lowest BCUT2D eigenvalue weighted by atomic mass is 10.2. The molecule has 0 aliphatic carbocycles. The second-order valence-electron chi connectivity index (χ2n) is 4.80. The summed E-state index contributed by atoms with van der Waals surface area (Å²) in [5.41, 5.74) is 1.90. The third kappa shape index (κ3) is 3.12. The van der Waals surface area contributed by atoms with E-state index < -0.39 is 12.0 Å². The number of hydrogen-bond donors (Lipinski definition) is 1. The van der Waals surface area contributed by atoms with Gasteiger partial charge in [0.2, 0.25) is 5.82 Å². The Morgan fingerprint density at radius 3 is 2.61 bits per heavy atom. The molecular formula is C15H10BrF3N4. The fraction of sp³-hybridized carbons (Fsp3) is 0.133. The van der Waals surface area contributed by atoms with E-state index in [1.54, 1.807) is 12.1 Å². The Bertz CT molecular complexity index is 880. The molecule has 1 N–H and O–H groups in total. The molecule has 8 heteroatoms. The number of fused-ring (bicyclic) bond motifs is 1. The zero-order chi connectivity index (χ0) is 16.6. The van der Waals surface area contributed by atoms with Crippen molar-refractivity contribution in [3.05, 3.63) is 52.4 Å². The van der Waals surface area contributed by atoms with Crippen LogP contribution in [-0.4, -0.2) is 15.0 Å². The topological polar surface area (TPSA) is 50.7 Å². The summed E-state index contributed by atoms with van der Waals surface area (Å²) in [7, 11) is 0. The van der Waals surface area contributed by atoms with E-state index in [4.69, 9.17) is 0 Å². The van der Waals surface area contributed by atoms with Crippen molar-refractivity contribution >= 4 is 38.5 Å². The summed E-state index contributed by atoms with van der Waals surface area (Å²) in [6.07, 6.45) is -3.15. The molecule has 0 saturated carbocycles. The van der Waals surface area contributed by atoms with E-state index in [1.807, 2.05) is 13.0 Å². The molecule has 3 rings (SSSR count). The maximum atomic E-state index is 13.0. The van der Waals surface area contributed by atoms with Gasteiger partial charge in [-0.2, -0.15) is 13.2 Å². The van der Waals surface area contributed by atoms with E-state index in [-0.39, 0.29) is 16.9 Å². The van der Waals surface area contributed by atoms with Crippen molar-refractivity contribution in [1.29, 1.82) is 0 Å². The van der Waals surface area contributed by atoms with Crippen LogP contribution in [-0.2, 0) is 6.18 Å². The predicted molar refractivity (Wildman–Crippen MR) is 84.5 cm³/mol. The van der Waals surface area contributed by atoms with Crippen molar-refractivity contribution in [2.45, 2.75) is 13.1 Å². The highest BCUT2D eigenvalue weighted by Crippen LogP contribution is 2.32. The number of nitrogens with one attached hydrogen (secondary N) is 1. The molecule has 3 aromatic rings. The third-order valence-corrected chi connectivity index (χ3v) is 4.09. The van der Waals surface area contributed by atoms with Crippen LogP contribution >= 0.6 is 15.9 Å². The highest BCUT2D eigenvalue weighted by Gasteiger charge is 2.35. The van der Waals surface area contributed by atoms with Gasteiger partial charge in [0.25, 0.3) is 0 Å². The first kappa shape index (κ1) is 15.7. The standard InChI is InChI=1S/C15H10BrF3N4/c1-8-9(16)4-2-5-10(8)21-13-12-11(6-3-7-20-12)22-14(23-13)15(17,18)19/h2-7H,1H3,(H,21,22,23). The summed E-state index contributed by atoms with van der Waals surface area (Å²) < 4.78 is 39.8. The molecule has 0 spiro atoms. The Morgan fingerprint density at radius 1 is 1.09 bits per heavy atom. The lowest BCUT2D eigenvalue weighted by Gasteiger charge is -2.13. The second kappa shape index (κ2) is 5.77. The number of rotatable bonds is 2. The Kier molecular flexibility index (Phi) is 3.93. The quantitative estimate of drug-likeness (QED) is 0.687. The number of nitrogens with zero attached hydrogens (tertiary/aromatic N) is 3. The zero-order valence-electron chi connectivity index (χ0n) is 11.8. The lowest BCUT2D eigenvalue weighted by Crippen LogP contribution is -2.13. The van der Waals surface area contributed by atoms with Crippen molar-refractivity contribution in [3.8, 4) is 0 Å². The number of hydrogen-bond acceptors (Lipinski definition) is 4. The van der Waals surface area contributed by atoms with Gasteiger partial charge in [0.05, 0.1) is 5.52 Å². The van der Waals surface area contributed by atoms with Crippen LogP contribution in [0.25, 0.3) is 11.0 Å². The average Bonchev–Trinajstić information content (AvgIpc) is 2.51. The Hall–Kier alpha value is -2.22. The van der Waals surface area contributed by atoms with Crippen molar-refractivity contribution in [1.82, 2.24) is 15.0 Å². The number of pyridine rings is 1. The van der Waals surface area contributed by atoms with Gasteiger partial charge >= 0.3 is 6.18 Å². The fourth-order valence-electron chi connectivity index (χ4n) is 2.05. The first-order chi connectivity index (χ1) is 10.9. The van der Waals surface area contributed by atoms with Crippen molar-refractivity contribution in [3.63, 3.8) is 0 Å². The first-order valence-electron chi connectivity index (χ1n) is 6.58. The number of halogens is 4. The van der Waals surface area contributed by atoms with Gasteiger partial charge in [0.15, 0.2) is 5.82 Å². The third-order valence-electron chi connectivity index (χ3n) is 3.23. The molecule has 0 amide bonds. The molecule has 0 unspecified atom stereocenters. The summed E-state index contributed by atoms with van der Waals surface area (Å²) in [4.78, 5) is 11.2. The normalized spacial score (nSPS) is 11.7. The molecule has 0 radical (unpaired) electrons. The molecule has 0 bridgehead atoms. The molecule has 1 aromatic carbocycles. The maximum absolute atomic E-state index is 13.0. The predicted octanol–water partition coefficient (Wildman–Crippen LogP) is 4.86. The molecule has 23 heavy (non-hydrogen) atoms. The monoisotopic (exact) mass is 382 g/mol. The summed E-state index contributed by atoms with van der Waals surface area (Å²) in [6.45, 7) is 1.84. The van der Waals surface area contributed by atoms with Gasteiger partial charge in [-0.1, -0.05) is 22.0 Å². The minimum Gasteiger partial charge on any atom is -0.338 e. The van der Waals surface area contributed by atoms with Crippen molar-refractivity contribution < 1.29 is 13.2 Å². The second-order valence-corrected chi connectivity index (χ2v) is 5.66. The van der Waals surface area contributed by atoms with Crippen molar-refractivity contribution in [2.75, 3.05) is 5.32 Å². The number of aromatic nitrogens is 3. The molecule has 2 heterocycles. The minimum atomic E-state index is -4.63. The SMILES string of the molecule is Cc1c(Br)cccc1Nc1nc(C(F)(F)F)nc2cccnc12. The molecule has 4 nitrogen and oxygen atoms in total. The maximum Gasteiger partial charge on any atom is 0.451 e. The van der Waals surface area contributed by atoms with Gasteiger partial charge in [-0.15, -0.1) is 0 Å². The lowest BCUT2D eigenvalue weighted by molar-refractivity contribution is -0.144. The smallest absolute Gasteiger partial charge is 0.338 e. The van der Waals surface area contributed by atoms with Crippen LogP contribution in [0.3, 0.4) is 0 Å². The van der Waals surface area contributed by atoms with Crippen LogP contribution in [0, 0.1) is 6.92 Å². The summed E-state index contributed by atoms with van der Waals surface area (Å²) in [6, 6.07) is 8.38. The van der Waals surface area contributed by atoms with Gasteiger partial charge in [0, 0.05) is 16.4 Å². The van der Waals surface area contributed by atoms with Gasteiger partial charge < -0.3 is 5.32 Å². The Morgan fingerprint density at radius 2 is 1.87 bits per heavy atom. The number of alkyl halides is 3. The molecule has 0 aliphatic heterocycles. The van der Waals surface area contributed by atoms with Gasteiger partial charge in [-0.05, 0) is 36.8 Å². The van der Waals surface area contributed by atoms with Gasteiger partial charge in [-0.3, -0.25) is 4.98 Å². The number of anilines is 2. The fourth-order valence-corrected chi connectivity index (χ4v) is 2.42. The largest absolute Gasteiger partial charge is 0.451 e. The van der Waals surface area contributed by atoms with E-state index in [9.17, 15) is 13.2 Å². The van der Waals surface area contributed by atoms with Crippen LogP contribution in [0.1, 0.15) is 11.4 Å². The van der Waals surface area contributed by atoms with Gasteiger partial charge in [0.1, 0.15) is 5.52 Å². The molecular weight excluding hydrogens is 373 g/mol. The first-order valence-corrected chi connectivity index (χ1v) is 7.37. The Balaban J connectivity index is 2.17. The summed E-state index contributed by atoms with van der Waals surface area (Å²) >= 11 is 3.39. The summed E-state index contributed by atoms with van der Waals surface area (Å²) in [5.74, 6) is -1.18. The minimum absolute atomic E-state index is 0.0177. The molecule has 0 fully saturated rings. The van der Waals surface area contributed by atoms with Crippen LogP contribution < -0.4 is 5.32 Å². The van der Waals surface area contributed by atoms with Crippen LogP contribution in [0.2, 0.25) is 0 Å². The van der Waals surface area contributed by atoms with Crippen LogP contribution in [0.5, 0.6) is 0 Å². The van der Waals surface area contributed by atoms with E-state index >= 15 is 0 Å². The van der Waals surface area contributed by atoms with E-state index in [0.717, 1.165) is 10.0 Å². The van der Waals surface area contributed by atoms with E-state index in [0.29, 0.717) is 5.69 Å². The molecule has 0 saturated heterocycles. The zero-order valence-corrected chi connectivity index (χ0v) is 13.4. The molecule has 118 valence electrons. The average molecular weight is 383 g/mol. The highest BCUT2D eigenvalue weighted by atomic mass is 79.9. The highest BCUT2D eigenvalue weighted by molar-refractivity contribution is 9.10. The molecule has 0 atom stereocenters. The summed E-state index contributed by atoms with van der Waals surface area (Å²) in [5, 5.41) is 2.92. The number of benzene rings is 1. The van der Waals surface area contributed by atoms with Gasteiger partial charge in [-0.25, -0.2) is 9.97 Å². The van der Waals surface area contributed by atoms with Crippen LogP contribution in [0.4, 0.5) is 24.7 Å². The van der Waals surface area contributed by atoms with Crippen molar-refractivity contribution in [2.24, 2.45) is 0 Å². The molecule has 2 aromatic heterocycles. The Labute approximate surface area is 137 Å².